The van der Waals surface area contributed by atoms with Gasteiger partial charge in [-0.2, -0.15) is 0 Å². The van der Waals surface area contributed by atoms with Gasteiger partial charge < -0.3 is 15.3 Å². The number of hydrogen-bond donors (Lipinski definition) is 2. The maximum atomic E-state index is 11.4. The maximum Gasteiger partial charge on any atom is 0.236 e. The SMILES string of the molecule is CNCC(=O)N1C[C@@H](CO)[C@@H](C)C1. The first-order valence-electron chi connectivity index (χ1n) is 4.72. The monoisotopic (exact) mass is 186 g/mol. The van der Waals surface area contributed by atoms with Gasteiger partial charge in [-0.25, -0.2) is 0 Å². The zero-order valence-electron chi connectivity index (χ0n) is 8.29. The molecule has 1 rings (SSSR count). The summed E-state index contributed by atoms with van der Waals surface area (Å²) < 4.78 is 0. The molecule has 0 aromatic heterocycles. The third kappa shape index (κ3) is 2.42. The molecule has 0 spiro atoms. The molecular formula is C9H18N2O2. The summed E-state index contributed by atoms with van der Waals surface area (Å²) in [6.45, 7) is 4.15. The summed E-state index contributed by atoms with van der Waals surface area (Å²) in [6.07, 6.45) is 0. The van der Waals surface area contributed by atoms with E-state index in [1.807, 2.05) is 4.90 Å². The molecule has 1 amide bonds. The van der Waals surface area contributed by atoms with E-state index in [4.69, 9.17) is 5.11 Å². The lowest BCUT2D eigenvalue weighted by atomic mass is 10.00. The number of hydrogen-bond acceptors (Lipinski definition) is 3. The summed E-state index contributed by atoms with van der Waals surface area (Å²) in [7, 11) is 1.76. The molecule has 0 saturated carbocycles. The van der Waals surface area contributed by atoms with Crippen LogP contribution in [0.3, 0.4) is 0 Å². The van der Waals surface area contributed by atoms with Crippen LogP contribution in [-0.2, 0) is 4.79 Å². The van der Waals surface area contributed by atoms with Crippen molar-refractivity contribution < 1.29 is 9.90 Å². The van der Waals surface area contributed by atoms with Gasteiger partial charge in [0.1, 0.15) is 0 Å². The van der Waals surface area contributed by atoms with Crippen LogP contribution in [0, 0.1) is 11.8 Å². The summed E-state index contributed by atoms with van der Waals surface area (Å²) >= 11 is 0. The van der Waals surface area contributed by atoms with Crippen molar-refractivity contribution in [3.8, 4) is 0 Å². The maximum absolute atomic E-state index is 11.4. The predicted molar refractivity (Wildman–Crippen MR) is 50.2 cm³/mol. The highest BCUT2D eigenvalue weighted by Gasteiger charge is 2.31. The summed E-state index contributed by atoms with van der Waals surface area (Å²) in [5, 5.41) is 11.9. The molecular weight excluding hydrogens is 168 g/mol. The van der Waals surface area contributed by atoms with Gasteiger partial charge in [0.2, 0.25) is 5.91 Å². The van der Waals surface area contributed by atoms with E-state index in [9.17, 15) is 4.79 Å². The fraction of sp³-hybridized carbons (Fsp3) is 0.889. The number of rotatable bonds is 3. The lowest BCUT2D eigenvalue weighted by Gasteiger charge is -2.15. The van der Waals surface area contributed by atoms with Crippen LogP contribution in [0.5, 0.6) is 0 Å². The highest BCUT2D eigenvalue weighted by atomic mass is 16.3. The predicted octanol–water partition coefficient (Wildman–Crippen LogP) is -0.707. The Bertz CT molecular complexity index is 184. The number of carbonyl (C=O) groups is 1. The molecule has 0 unspecified atom stereocenters. The average Bonchev–Trinajstić information content (AvgIpc) is 2.47. The minimum Gasteiger partial charge on any atom is -0.396 e. The Balaban J connectivity index is 2.43. The molecule has 2 atom stereocenters. The number of nitrogens with one attached hydrogen (secondary N) is 1. The Kier molecular flexibility index (Phi) is 3.69. The standard InChI is InChI=1S/C9H18N2O2/c1-7-4-11(5-8(7)6-12)9(13)3-10-2/h7-8,10,12H,3-6H2,1-2H3/t7-,8-/m0/s1. The molecule has 13 heavy (non-hydrogen) atoms. The lowest BCUT2D eigenvalue weighted by molar-refractivity contribution is -0.129. The molecule has 0 aliphatic carbocycles. The van der Waals surface area contributed by atoms with Crippen molar-refractivity contribution in [1.82, 2.24) is 10.2 Å². The molecule has 1 heterocycles. The Morgan fingerprint density at radius 3 is 2.77 bits per heavy atom. The summed E-state index contributed by atoms with van der Waals surface area (Å²) in [6, 6.07) is 0. The Labute approximate surface area is 78.9 Å². The van der Waals surface area contributed by atoms with E-state index in [2.05, 4.69) is 12.2 Å². The Morgan fingerprint density at radius 1 is 1.62 bits per heavy atom. The molecule has 1 aliphatic heterocycles. The summed E-state index contributed by atoms with van der Waals surface area (Å²) in [4.78, 5) is 13.3. The van der Waals surface area contributed by atoms with E-state index in [0.717, 1.165) is 6.54 Å². The first kappa shape index (κ1) is 10.5. The van der Waals surface area contributed by atoms with E-state index in [-0.39, 0.29) is 18.4 Å². The average molecular weight is 186 g/mol. The molecule has 0 bridgehead atoms. The molecule has 2 N–H and O–H groups in total. The molecule has 0 radical (unpaired) electrons. The second-order valence-electron chi connectivity index (χ2n) is 3.75. The topological polar surface area (TPSA) is 52.6 Å². The van der Waals surface area contributed by atoms with Crippen LogP contribution in [0.25, 0.3) is 0 Å². The van der Waals surface area contributed by atoms with Crippen molar-refractivity contribution in [3.05, 3.63) is 0 Å². The third-order valence-corrected chi connectivity index (χ3v) is 2.68. The smallest absolute Gasteiger partial charge is 0.236 e. The van der Waals surface area contributed by atoms with Crippen LogP contribution >= 0.6 is 0 Å². The van der Waals surface area contributed by atoms with Gasteiger partial charge in [-0.15, -0.1) is 0 Å². The number of likely N-dealkylation sites (tertiary alicyclic amines) is 1. The molecule has 4 nitrogen and oxygen atoms in total. The van der Waals surface area contributed by atoms with Crippen LogP contribution in [0.1, 0.15) is 6.92 Å². The third-order valence-electron chi connectivity index (χ3n) is 2.68. The van der Waals surface area contributed by atoms with Gasteiger partial charge in [0.05, 0.1) is 6.54 Å². The normalized spacial score (nSPS) is 28.1. The van der Waals surface area contributed by atoms with Crippen molar-refractivity contribution >= 4 is 5.91 Å². The van der Waals surface area contributed by atoms with Gasteiger partial charge in [-0.1, -0.05) is 6.92 Å². The van der Waals surface area contributed by atoms with Gasteiger partial charge in [-0.3, -0.25) is 4.79 Å². The number of aliphatic hydroxyl groups is 1. The molecule has 1 fully saturated rings. The first-order valence-corrected chi connectivity index (χ1v) is 4.72. The van der Waals surface area contributed by atoms with Crippen molar-refractivity contribution in [2.24, 2.45) is 11.8 Å². The Morgan fingerprint density at radius 2 is 2.31 bits per heavy atom. The zero-order chi connectivity index (χ0) is 9.84. The number of nitrogens with zero attached hydrogens (tertiary/aromatic N) is 1. The van der Waals surface area contributed by atoms with E-state index in [1.165, 1.54) is 0 Å². The molecule has 1 saturated heterocycles. The van der Waals surface area contributed by atoms with E-state index in [1.54, 1.807) is 7.05 Å². The van der Waals surface area contributed by atoms with Crippen molar-refractivity contribution in [2.45, 2.75) is 6.92 Å². The van der Waals surface area contributed by atoms with Crippen molar-refractivity contribution in [2.75, 3.05) is 33.3 Å². The van der Waals surface area contributed by atoms with Gasteiger partial charge in [0.15, 0.2) is 0 Å². The summed E-state index contributed by atoms with van der Waals surface area (Å²) in [5.41, 5.74) is 0. The van der Waals surface area contributed by atoms with Gasteiger partial charge in [0.25, 0.3) is 0 Å². The number of carbonyl (C=O) groups excluding carboxylic acids is 1. The fourth-order valence-corrected chi connectivity index (χ4v) is 1.74. The number of aliphatic hydroxyl groups excluding tert-OH is 1. The van der Waals surface area contributed by atoms with E-state index >= 15 is 0 Å². The minimum atomic E-state index is 0.130. The number of amides is 1. The zero-order valence-corrected chi connectivity index (χ0v) is 8.29. The van der Waals surface area contributed by atoms with Crippen molar-refractivity contribution in [3.63, 3.8) is 0 Å². The summed E-state index contributed by atoms with van der Waals surface area (Å²) in [5.74, 6) is 0.817. The van der Waals surface area contributed by atoms with E-state index < -0.39 is 0 Å². The second-order valence-corrected chi connectivity index (χ2v) is 3.75. The first-order chi connectivity index (χ1) is 6.19. The van der Waals surface area contributed by atoms with E-state index in [0.29, 0.717) is 19.0 Å². The second kappa shape index (κ2) is 4.58. The van der Waals surface area contributed by atoms with Crippen LogP contribution in [0.15, 0.2) is 0 Å². The van der Waals surface area contributed by atoms with Gasteiger partial charge in [-0.05, 0) is 13.0 Å². The molecule has 0 aromatic rings. The van der Waals surface area contributed by atoms with Crippen LogP contribution in [0.2, 0.25) is 0 Å². The van der Waals surface area contributed by atoms with Crippen LogP contribution in [-0.4, -0.2) is 49.2 Å². The molecule has 1 aliphatic rings. The van der Waals surface area contributed by atoms with Crippen LogP contribution < -0.4 is 5.32 Å². The fourth-order valence-electron chi connectivity index (χ4n) is 1.74. The quantitative estimate of drug-likeness (QED) is 0.612. The minimum absolute atomic E-state index is 0.130. The van der Waals surface area contributed by atoms with Crippen molar-refractivity contribution in [1.29, 1.82) is 0 Å². The molecule has 4 heteroatoms. The highest BCUT2D eigenvalue weighted by Crippen LogP contribution is 2.21. The Hall–Kier alpha value is -0.610. The largest absolute Gasteiger partial charge is 0.396 e. The number of likely N-dealkylation sites (N-methyl/N-ethyl adjacent to an activating group) is 1. The molecule has 76 valence electrons. The van der Waals surface area contributed by atoms with Crippen LogP contribution in [0.4, 0.5) is 0 Å². The lowest BCUT2D eigenvalue weighted by Crippen LogP contribution is -2.35. The highest BCUT2D eigenvalue weighted by molar-refractivity contribution is 5.78. The molecule has 0 aromatic carbocycles. The van der Waals surface area contributed by atoms with Gasteiger partial charge in [0, 0.05) is 25.6 Å². The van der Waals surface area contributed by atoms with Gasteiger partial charge >= 0.3 is 0 Å².